The molecule has 0 radical (unpaired) electrons. The molecular formula is C75H141N10O5P. The number of carbonyl (C=O) groups excluding carboxylic acids is 2. The number of aromatic nitrogens is 3. The van der Waals surface area contributed by atoms with Gasteiger partial charge in [0.1, 0.15) is 11.3 Å². The Labute approximate surface area is 557 Å². The lowest BCUT2D eigenvalue weighted by molar-refractivity contribution is -0.124. The number of anilines is 1. The minimum atomic E-state index is -3.46. The van der Waals surface area contributed by atoms with Crippen LogP contribution in [0.3, 0.4) is 0 Å². The number of imidazole rings is 1. The van der Waals surface area contributed by atoms with Crippen LogP contribution in [-0.2, 0) is 36.3 Å². The van der Waals surface area contributed by atoms with Crippen LogP contribution >= 0.6 is 7.60 Å². The van der Waals surface area contributed by atoms with E-state index in [1.807, 2.05) is 18.2 Å². The quantitative estimate of drug-likeness (QED) is 0.0208. The van der Waals surface area contributed by atoms with E-state index < -0.39 is 13.6 Å². The highest BCUT2D eigenvalue weighted by molar-refractivity contribution is 7.53. The summed E-state index contributed by atoms with van der Waals surface area (Å²) in [6.45, 7) is 32.5. The van der Waals surface area contributed by atoms with Crippen molar-refractivity contribution in [2.24, 2.45) is 53.1 Å². The molecule has 7 atom stereocenters. The highest BCUT2D eigenvalue weighted by Gasteiger charge is 2.27. The van der Waals surface area contributed by atoms with Gasteiger partial charge < -0.3 is 51.7 Å². The molecule has 0 saturated carbocycles. The average Bonchev–Trinajstić information content (AvgIpc) is 1.64. The molecular weight excluding hydrogens is 1150 g/mol. The molecule has 3 rings (SSSR count). The third-order valence-corrected chi connectivity index (χ3v) is 21.1. The van der Waals surface area contributed by atoms with Gasteiger partial charge in [-0.2, -0.15) is 0 Å². The molecule has 6 unspecified atom stereocenters. The fourth-order valence-corrected chi connectivity index (χ4v) is 14.5. The Kier molecular flexibility index (Phi) is 45.3. The fraction of sp³-hybridized carbons (Fsp3) is 0.840. The summed E-state index contributed by atoms with van der Waals surface area (Å²) in [7, 11) is -3.46. The van der Waals surface area contributed by atoms with Crippen molar-refractivity contribution in [1.29, 1.82) is 0 Å². The van der Waals surface area contributed by atoms with Crippen molar-refractivity contribution >= 4 is 47.2 Å². The van der Waals surface area contributed by atoms with Gasteiger partial charge in [0.05, 0.1) is 43.0 Å². The second-order valence-electron chi connectivity index (χ2n) is 29.2. The van der Waals surface area contributed by atoms with Gasteiger partial charge in [0.15, 0.2) is 5.82 Å². The first-order valence-corrected chi connectivity index (χ1v) is 39.4. The van der Waals surface area contributed by atoms with Crippen molar-refractivity contribution in [3.8, 4) is 0 Å². The van der Waals surface area contributed by atoms with E-state index in [0.717, 1.165) is 129 Å². The number of amides is 2. The molecule has 2 amide bonds. The number of pyridine rings is 1. The Hall–Kier alpha value is -3.17. The Balaban J connectivity index is 1.63. The van der Waals surface area contributed by atoms with Crippen LogP contribution in [0, 0.1) is 47.3 Å². The highest BCUT2D eigenvalue weighted by atomic mass is 31.2. The van der Waals surface area contributed by atoms with Crippen LogP contribution in [0.15, 0.2) is 24.3 Å². The van der Waals surface area contributed by atoms with Crippen LogP contribution in [0.2, 0.25) is 0 Å². The lowest BCUT2D eigenvalue weighted by atomic mass is 9.91. The Morgan fingerprint density at radius 3 is 1.57 bits per heavy atom. The number of rotatable bonds is 60. The summed E-state index contributed by atoms with van der Waals surface area (Å²) in [6.07, 6.45) is 34.9. The fourth-order valence-electron chi connectivity index (χ4n) is 12.8. The molecule has 0 aliphatic carbocycles. The van der Waals surface area contributed by atoms with Crippen molar-refractivity contribution in [2.45, 2.75) is 294 Å². The van der Waals surface area contributed by atoms with Crippen LogP contribution in [0.5, 0.6) is 0 Å². The van der Waals surface area contributed by atoms with Crippen molar-refractivity contribution in [3.05, 3.63) is 30.1 Å². The smallest absolute Gasteiger partial charge is 0.330 e. The maximum Gasteiger partial charge on any atom is 0.330 e. The largest absolute Gasteiger partial charge is 0.382 e. The first-order valence-electron chi connectivity index (χ1n) is 37.6. The zero-order valence-corrected chi connectivity index (χ0v) is 61.3. The van der Waals surface area contributed by atoms with Gasteiger partial charge in [0, 0.05) is 31.4 Å². The number of nitrogens with one attached hydrogen (secondary N) is 5. The van der Waals surface area contributed by atoms with Gasteiger partial charge in [-0.1, -0.05) is 236 Å². The molecule has 0 aliphatic rings. The number of nitrogen functional groups attached to an aromatic ring is 1. The Morgan fingerprint density at radius 2 is 1.03 bits per heavy atom. The molecule has 1 aromatic carbocycles. The topological polar surface area (TPSA) is 213 Å². The van der Waals surface area contributed by atoms with Crippen LogP contribution in [0.4, 0.5) is 5.82 Å². The van der Waals surface area contributed by atoms with E-state index in [1.54, 1.807) is 0 Å². The molecule has 0 bridgehead atoms. The van der Waals surface area contributed by atoms with Crippen molar-refractivity contribution in [2.75, 3.05) is 70.9 Å². The number of unbranched alkanes of at least 4 members (excludes halogenated alkanes) is 5. The molecule has 2 heterocycles. The number of hydrogen-bond acceptors (Lipinski definition) is 12. The minimum Gasteiger partial charge on any atom is -0.382 e. The molecule has 526 valence electrons. The van der Waals surface area contributed by atoms with Gasteiger partial charge in [-0.3, -0.25) is 14.2 Å². The molecule has 3 aromatic rings. The van der Waals surface area contributed by atoms with Crippen LogP contribution < -0.4 is 38.1 Å². The average molecular weight is 1290 g/mol. The minimum absolute atomic E-state index is 0.0714. The van der Waals surface area contributed by atoms with Gasteiger partial charge in [0.25, 0.3) is 0 Å². The lowest BCUT2D eigenvalue weighted by Crippen LogP contribution is -2.45. The number of carbonyl (C=O) groups is 2. The Bertz CT molecular complexity index is 2310. The maximum atomic E-state index is 14.8. The summed E-state index contributed by atoms with van der Waals surface area (Å²) >= 11 is 0. The van der Waals surface area contributed by atoms with Gasteiger partial charge in [0.2, 0.25) is 11.8 Å². The van der Waals surface area contributed by atoms with Gasteiger partial charge in [-0.15, -0.1) is 0 Å². The number of benzene rings is 1. The molecule has 91 heavy (non-hydrogen) atoms. The molecule has 0 saturated heterocycles. The van der Waals surface area contributed by atoms with Crippen molar-refractivity contribution < 1.29 is 23.2 Å². The summed E-state index contributed by atoms with van der Waals surface area (Å²) in [5.74, 6) is 6.67. The van der Waals surface area contributed by atoms with Gasteiger partial charge in [-0.25, -0.2) is 9.97 Å². The van der Waals surface area contributed by atoms with E-state index in [-0.39, 0.29) is 24.4 Å². The second kappa shape index (κ2) is 50.2. The highest BCUT2D eigenvalue weighted by Crippen LogP contribution is 2.49. The number of para-hydroxylation sites is 1. The second-order valence-corrected chi connectivity index (χ2v) is 31.3. The van der Waals surface area contributed by atoms with Crippen LogP contribution in [-0.4, -0.2) is 97.6 Å². The molecule has 9 N–H and O–H groups in total. The van der Waals surface area contributed by atoms with Crippen LogP contribution in [0.1, 0.15) is 281 Å². The van der Waals surface area contributed by atoms with Crippen molar-refractivity contribution in [3.63, 3.8) is 0 Å². The third kappa shape index (κ3) is 38.2. The van der Waals surface area contributed by atoms with Gasteiger partial charge >= 0.3 is 7.60 Å². The van der Waals surface area contributed by atoms with Crippen molar-refractivity contribution in [1.82, 2.24) is 41.1 Å². The Morgan fingerprint density at radius 1 is 0.538 bits per heavy atom. The standard InChI is InChI=1S/C75H141N10O5P/c1-12-78-58-70-84-72-73(67-42-17-18-43-68(67)83-74(72)77)85(70)54-28-52-82-75(87)69(44-45-71(86)81-51-27-50-79-49-20-16-14-13-15-19-48-76)80-53-29-57-91(88,89-55-46-65(10)40-25-38-63(8)36-23-34-61(6)32-21-30-59(2)3)90-56-47-66(11)41-26-39-64(9)37-24-35-62(7)33-22-31-60(4)5/h17-18,42-43,59-66,69,78-80H,12-16,19-41,44-58,76H2,1-11H3,(H2,77,83)(H,81,86)(H,82,87)/t61?,62?,63?,64?,65?,66?,69-,91?/m0/s1. The zero-order valence-electron chi connectivity index (χ0n) is 60.4. The number of nitrogens with zero attached hydrogens (tertiary/aromatic N) is 3. The molecule has 15 nitrogen and oxygen atoms in total. The number of fused-ring (bicyclic) bond motifs is 3. The lowest BCUT2D eigenvalue weighted by Gasteiger charge is -2.22. The summed E-state index contributed by atoms with van der Waals surface area (Å²) in [5.41, 5.74) is 14.6. The first-order chi connectivity index (χ1) is 43.8. The summed E-state index contributed by atoms with van der Waals surface area (Å²) in [5, 5.41) is 17.7. The SMILES string of the molecule is CCNCc1nc2c(N)nc3ccccc3c2n1CCCNC(=O)[C@H](CCC(=O)NCCCNCCCCCCCCN)NCCCP(=O)(OCCC(C)CCCC(C)CCCC(C)CCCC(C)C)OCCC(C)CCCC(C)CCCC(C)CCCC(C)C. The summed E-state index contributed by atoms with van der Waals surface area (Å²) in [6, 6.07) is 7.37. The predicted octanol–water partition coefficient (Wildman–Crippen LogP) is 17.5. The third-order valence-electron chi connectivity index (χ3n) is 19.0. The van der Waals surface area contributed by atoms with E-state index >= 15 is 0 Å². The maximum absolute atomic E-state index is 14.8. The monoisotopic (exact) mass is 1290 g/mol. The van der Waals surface area contributed by atoms with Crippen LogP contribution in [0.25, 0.3) is 21.9 Å². The molecule has 0 spiro atoms. The number of nitrogens with two attached hydrogens (primary N) is 2. The molecule has 0 fully saturated rings. The van der Waals surface area contributed by atoms with E-state index in [1.165, 1.54) is 128 Å². The summed E-state index contributed by atoms with van der Waals surface area (Å²) in [4.78, 5) is 37.1. The van der Waals surface area contributed by atoms with Gasteiger partial charge in [-0.05, 0) is 137 Å². The van der Waals surface area contributed by atoms with E-state index in [9.17, 15) is 14.2 Å². The first kappa shape index (κ1) is 82.1. The molecule has 16 heteroatoms. The summed E-state index contributed by atoms with van der Waals surface area (Å²) < 4.78 is 29.8. The van der Waals surface area contributed by atoms with E-state index in [2.05, 4.69) is 118 Å². The van der Waals surface area contributed by atoms with E-state index in [0.29, 0.717) is 88.4 Å². The van der Waals surface area contributed by atoms with E-state index in [4.69, 9.17) is 25.5 Å². The number of aryl methyl sites for hydroxylation is 1. The number of hydrogen-bond donors (Lipinski definition) is 7. The molecule has 2 aromatic heterocycles. The predicted molar refractivity (Wildman–Crippen MR) is 389 cm³/mol. The molecule has 0 aliphatic heterocycles. The zero-order chi connectivity index (χ0) is 66.5. The normalized spacial score (nSPS) is 15.1.